The molecule has 0 fully saturated rings. The summed E-state index contributed by atoms with van der Waals surface area (Å²) in [6.07, 6.45) is 4.06. The molecule has 1 unspecified atom stereocenters. The Kier molecular flexibility index (Phi) is 7.53. The highest BCUT2D eigenvalue weighted by molar-refractivity contribution is 7.93. The van der Waals surface area contributed by atoms with Crippen molar-refractivity contribution in [2.75, 3.05) is 6.61 Å². The van der Waals surface area contributed by atoms with Crippen molar-refractivity contribution in [3.8, 4) is 0 Å². The summed E-state index contributed by atoms with van der Waals surface area (Å²) in [6, 6.07) is 12.5. The van der Waals surface area contributed by atoms with Gasteiger partial charge in [-0.1, -0.05) is 32.0 Å². The predicted molar refractivity (Wildman–Crippen MR) is 113 cm³/mol. The lowest BCUT2D eigenvalue weighted by molar-refractivity contribution is 0.198. The molecule has 0 aliphatic heterocycles. The van der Waals surface area contributed by atoms with Crippen molar-refractivity contribution in [3.05, 3.63) is 65.8 Å². The van der Waals surface area contributed by atoms with Gasteiger partial charge in [0.2, 0.25) is 0 Å². The normalized spacial score (nSPS) is 14.5. The molecule has 0 saturated carbocycles. The second-order valence-corrected chi connectivity index (χ2v) is 10.0. The van der Waals surface area contributed by atoms with Gasteiger partial charge in [-0.2, -0.15) is 0 Å². The fraction of sp³-hybridized carbons (Fsp3) is 0.478. The highest BCUT2D eigenvalue weighted by atomic mass is 32.2. The Morgan fingerprint density at radius 1 is 1.11 bits per heavy atom. The third kappa shape index (κ3) is 4.69. The lowest BCUT2D eigenvalue weighted by Crippen LogP contribution is -2.36. The predicted octanol–water partition coefficient (Wildman–Crippen LogP) is 6.12. The monoisotopic (exact) mass is 404 g/mol. The summed E-state index contributed by atoms with van der Waals surface area (Å²) in [5.74, 6) is 1.78. The maximum absolute atomic E-state index is 13.4. The Balaban J connectivity index is 2.38. The van der Waals surface area contributed by atoms with Gasteiger partial charge in [0.25, 0.3) is 0 Å². The van der Waals surface area contributed by atoms with Crippen molar-refractivity contribution in [1.29, 1.82) is 0 Å². The smallest absolute Gasteiger partial charge is 0.190 e. The third-order valence-corrected chi connectivity index (χ3v) is 7.64. The van der Waals surface area contributed by atoms with Crippen LogP contribution in [0.1, 0.15) is 65.6 Å². The van der Waals surface area contributed by atoms with E-state index in [1.807, 2.05) is 25.1 Å². The topological polar surface area (TPSA) is 56.5 Å². The van der Waals surface area contributed by atoms with E-state index in [2.05, 4.69) is 13.8 Å². The summed E-state index contributed by atoms with van der Waals surface area (Å²) in [4.78, 5) is 0.316. The van der Waals surface area contributed by atoms with Gasteiger partial charge in [-0.05, 0) is 69.9 Å². The van der Waals surface area contributed by atoms with Gasteiger partial charge < -0.3 is 9.15 Å². The largest absolute Gasteiger partial charge is 0.497 e. The Morgan fingerprint density at radius 3 is 2.32 bits per heavy atom. The number of allylic oxidation sites excluding steroid dienone is 1. The maximum atomic E-state index is 13.4. The zero-order valence-electron chi connectivity index (χ0n) is 17.6. The van der Waals surface area contributed by atoms with Crippen molar-refractivity contribution in [2.24, 2.45) is 0 Å². The second kappa shape index (κ2) is 9.46. The van der Waals surface area contributed by atoms with Crippen LogP contribution in [0, 0.1) is 0 Å². The highest BCUT2D eigenvalue weighted by Crippen LogP contribution is 2.37. The van der Waals surface area contributed by atoms with E-state index in [0.29, 0.717) is 17.3 Å². The van der Waals surface area contributed by atoms with E-state index < -0.39 is 14.6 Å². The standard InChI is InChI=1S/C23H32O4S/c1-6-19(16-15-18(3)21-14-11-17-27-21)22(26-7-2)23(4,5)28(24,25)20-12-9-8-10-13-20/h8-14,17-18H,6-7,15-16H2,1-5H3/b22-19-. The van der Waals surface area contributed by atoms with Crippen LogP contribution in [0.2, 0.25) is 0 Å². The Morgan fingerprint density at radius 2 is 1.79 bits per heavy atom. The molecule has 0 aliphatic carbocycles. The number of furan rings is 1. The average Bonchev–Trinajstić information content (AvgIpc) is 3.22. The summed E-state index contributed by atoms with van der Waals surface area (Å²) in [7, 11) is -3.60. The lowest BCUT2D eigenvalue weighted by Gasteiger charge is -2.30. The molecule has 4 nitrogen and oxygen atoms in total. The number of benzene rings is 1. The van der Waals surface area contributed by atoms with E-state index in [1.165, 1.54) is 0 Å². The number of sulfone groups is 1. The summed E-state index contributed by atoms with van der Waals surface area (Å²) in [6.45, 7) is 9.98. The summed E-state index contributed by atoms with van der Waals surface area (Å²) in [5, 5.41) is 0. The fourth-order valence-electron chi connectivity index (χ4n) is 3.42. The van der Waals surface area contributed by atoms with Crippen molar-refractivity contribution >= 4 is 9.84 Å². The van der Waals surface area contributed by atoms with E-state index in [9.17, 15) is 8.42 Å². The first-order chi connectivity index (χ1) is 13.3. The second-order valence-electron chi connectivity index (χ2n) is 7.50. The molecule has 1 aromatic carbocycles. The Hall–Kier alpha value is -2.01. The third-order valence-electron chi connectivity index (χ3n) is 5.22. The minimum absolute atomic E-state index is 0.258. The van der Waals surface area contributed by atoms with Crippen LogP contribution in [-0.4, -0.2) is 19.8 Å². The molecule has 154 valence electrons. The van der Waals surface area contributed by atoms with Gasteiger partial charge in [-0.15, -0.1) is 0 Å². The maximum Gasteiger partial charge on any atom is 0.190 e. The van der Waals surface area contributed by atoms with Crippen LogP contribution < -0.4 is 0 Å². The van der Waals surface area contributed by atoms with E-state index in [-0.39, 0.29) is 5.92 Å². The van der Waals surface area contributed by atoms with E-state index in [0.717, 1.165) is 30.6 Å². The Bertz CT molecular complexity index is 863. The zero-order chi connectivity index (χ0) is 20.8. The van der Waals surface area contributed by atoms with Crippen LogP contribution in [0.25, 0.3) is 0 Å². The summed E-state index contributed by atoms with van der Waals surface area (Å²) >= 11 is 0. The minimum atomic E-state index is -3.60. The van der Waals surface area contributed by atoms with Crippen LogP contribution in [-0.2, 0) is 14.6 Å². The van der Waals surface area contributed by atoms with Gasteiger partial charge in [-0.3, -0.25) is 0 Å². The van der Waals surface area contributed by atoms with Gasteiger partial charge in [-0.25, -0.2) is 8.42 Å². The van der Waals surface area contributed by atoms with Gasteiger partial charge in [0.15, 0.2) is 9.84 Å². The first-order valence-electron chi connectivity index (χ1n) is 9.94. The van der Waals surface area contributed by atoms with Crippen LogP contribution >= 0.6 is 0 Å². The molecule has 1 heterocycles. The summed E-state index contributed by atoms with van der Waals surface area (Å²) < 4.78 is 37.1. The number of hydrogen-bond donors (Lipinski definition) is 0. The average molecular weight is 405 g/mol. The van der Waals surface area contributed by atoms with Gasteiger partial charge in [0.1, 0.15) is 16.3 Å². The number of rotatable bonds is 10. The van der Waals surface area contributed by atoms with Gasteiger partial charge in [0.05, 0.1) is 17.8 Å². The van der Waals surface area contributed by atoms with Crippen LogP contribution in [0.5, 0.6) is 0 Å². The van der Waals surface area contributed by atoms with E-state index >= 15 is 0 Å². The molecule has 2 aromatic rings. The molecule has 0 N–H and O–H groups in total. The fourth-order valence-corrected chi connectivity index (χ4v) is 4.97. The van der Waals surface area contributed by atoms with E-state index in [4.69, 9.17) is 9.15 Å². The molecule has 0 spiro atoms. The zero-order valence-corrected chi connectivity index (χ0v) is 18.4. The first-order valence-corrected chi connectivity index (χ1v) is 11.4. The molecule has 2 rings (SSSR count). The van der Waals surface area contributed by atoms with Crippen molar-refractivity contribution in [1.82, 2.24) is 0 Å². The molecule has 5 heteroatoms. The molecular weight excluding hydrogens is 372 g/mol. The molecule has 0 radical (unpaired) electrons. The molecule has 0 saturated heterocycles. The van der Waals surface area contributed by atoms with Crippen LogP contribution in [0.4, 0.5) is 0 Å². The lowest BCUT2D eigenvalue weighted by atomic mass is 9.94. The first kappa shape index (κ1) is 22.3. The molecule has 1 atom stereocenters. The minimum Gasteiger partial charge on any atom is -0.497 e. The Labute approximate surface area is 169 Å². The van der Waals surface area contributed by atoms with Crippen molar-refractivity contribution < 1.29 is 17.6 Å². The van der Waals surface area contributed by atoms with E-state index in [1.54, 1.807) is 44.4 Å². The SMILES string of the molecule is CCO/C(=C(/CC)CCC(C)c1ccco1)C(C)(C)S(=O)(=O)c1ccccc1. The number of hydrogen-bond acceptors (Lipinski definition) is 4. The molecule has 0 bridgehead atoms. The molecule has 0 aliphatic rings. The van der Waals surface area contributed by atoms with Gasteiger partial charge >= 0.3 is 0 Å². The summed E-state index contributed by atoms with van der Waals surface area (Å²) in [5.41, 5.74) is 1.05. The molecule has 28 heavy (non-hydrogen) atoms. The molecule has 1 aromatic heterocycles. The van der Waals surface area contributed by atoms with Crippen molar-refractivity contribution in [2.45, 2.75) is 69.4 Å². The molecule has 0 amide bonds. The van der Waals surface area contributed by atoms with Crippen LogP contribution in [0.15, 0.2) is 69.4 Å². The number of ether oxygens (including phenoxy) is 1. The van der Waals surface area contributed by atoms with Crippen molar-refractivity contribution in [3.63, 3.8) is 0 Å². The van der Waals surface area contributed by atoms with Crippen LogP contribution in [0.3, 0.4) is 0 Å². The highest BCUT2D eigenvalue weighted by Gasteiger charge is 2.42. The molecular formula is C23H32O4S. The quantitative estimate of drug-likeness (QED) is 0.448. The van der Waals surface area contributed by atoms with Gasteiger partial charge in [0, 0.05) is 5.92 Å².